The summed E-state index contributed by atoms with van der Waals surface area (Å²) in [6, 6.07) is 3.57. The van der Waals surface area contributed by atoms with Gasteiger partial charge in [-0.05, 0) is 12.1 Å². The molecule has 128 valence electrons. The number of furan rings is 1. The summed E-state index contributed by atoms with van der Waals surface area (Å²) in [5.41, 5.74) is 0.742. The van der Waals surface area contributed by atoms with Gasteiger partial charge in [0.05, 0.1) is 24.4 Å². The van der Waals surface area contributed by atoms with E-state index in [1.165, 1.54) is 0 Å². The topological polar surface area (TPSA) is 205 Å². The highest BCUT2D eigenvalue weighted by molar-refractivity contribution is 5.87. The SMILES string of the molecule is O=[N+]([O-])O.O=[N+]([O-])O.OCC(O)CNc1nccc2occc12. The zero-order valence-corrected chi connectivity index (χ0v) is 11.5. The molecular formula is C10H14N4O9. The fourth-order valence-electron chi connectivity index (χ4n) is 1.31. The summed E-state index contributed by atoms with van der Waals surface area (Å²) in [5, 5.41) is 48.9. The van der Waals surface area contributed by atoms with Crippen molar-refractivity contribution in [3.05, 3.63) is 44.8 Å². The van der Waals surface area contributed by atoms with Crippen LogP contribution in [0.3, 0.4) is 0 Å². The van der Waals surface area contributed by atoms with Crippen molar-refractivity contribution >= 4 is 16.8 Å². The number of aliphatic hydroxyl groups excluding tert-OH is 2. The van der Waals surface area contributed by atoms with E-state index in [1.54, 1.807) is 24.6 Å². The summed E-state index contributed by atoms with van der Waals surface area (Å²) < 4.78 is 5.20. The zero-order valence-electron chi connectivity index (χ0n) is 11.5. The van der Waals surface area contributed by atoms with Crippen molar-refractivity contribution in [2.24, 2.45) is 0 Å². The van der Waals surface area contributed by atoms with Crippen LogP contribution in [0.15, 0.2) is 29.0 Å². The number of nitrogens with one attached hydrogen (secondary N) is 1. The first-order chi connectivity index (χ1) is 10.8. The Labute approximate surface area is 127 Å². The van der Waals surface area contributed by atoms with Gasteiger partial charge in [0.25, 0.3) is 10.2 Å². The molecular weight excluding hydrogens is 320 g/mol. The first-order valence-electron chi connectivity index (χ1n) is 5.79. The number of rotatable bonds is 4. The number of pyridine rings is 1. The van der Waals surface area contributed by atoms with Crippen LogP contribution in [-0.2, 0) is 0 Å². The minimum absolute atomic E-state index is 0.258. The third-order valence-electron chi connectivity index (χ3n) is 2.10. The van der Waals surface area contributed by atoms with Crippen LogP contribution in [0.2, 0.25) is 0 Å². The lowest BCUT2D eigenvalue weighted by Crippen LogP contribution is -2.23. The molecule has 1 unspecified atom stereocenters. The van der Waals surface area contributed by atoms with Gasteiger partial charge in [-0.25, -0.2) is 4.98 Å². The molecule has 13 nitrogen and oxygen atoms in total. The molecule has 0 spiro atoms. The first-order valence-corrected chi connectivity index (χ1v) is 5.79. The van der Waals surface area contributed by atoms with E-state index in [2.05, 4.69) is 10.3 Å². The smallest absolute Gasteiger partial charge is 0.291 e. The Kier molecular flexibility index (Phi) is 9.06. The lowest BCUT2D eigenvalue weighted by Gasteiger charge is -2.09. The Morgan fingerprint density at radius 1 is 1.26 bits per heavy atom. The summed E-state index contributed by atoms with van der Waals surface area (Å²) in [6.07, 6.45) is 2.42. The van der Waals surface area contributed by atoms with Gasteiger partial charge >= 0.3 is 0 Å². The molecule has 0 saturated carbocycles. The zero-order chi connectivity index (χ0) is 17.8. The number of aliphatic hydroxyl groups is 2. The van der Waals surface area contributed by atoms with E-state index in [0.717, 1.165) is 11.0 Å². The van der Waals surface area contributed by atoms with Gasteiger partial charge in [-0.3, -0.25) is 0 Å². The van der Waals surface area contributed by atoms with E-state index in [0.29, 0.717) is 5.82 Å². The molecule has 0 aliphatic rings. The highest BCUT2D eigenvalue weighted by Gasteiger charge is 2.06. The monoisotopic (exact) mass is 334 g/mol. The van der Waals surface area contributed by atoms with Gasteiger partial charge in [-0.1, -0.05) is 0 Å². The average molecular weight is 334 g/mol. The van der Waals surface area contributed by atoms with Crippen molar-refractivity contribution in [1.29, 1.82) is 0 Å². The van der Waals surface area contributed by atoms with Crippen LogP contribution in [0.5, 0.6) is 0 Å². The molecule has 0 aromatic carbocycles. The quantitative estimate of drug-likeness (QED) is 0.368. The van der Waals surface area contributed by atoms with E-state index in [9.17, 15) is 5.11 Å². The Balaban J connectivity index is 0.000000509. The second-order valence-corrected chi connectivity index (χ2v) is 3.68. The first kappa shape index (κ1) is 19.8. The molecule has 13 heteroatoms. The normalized spacial score (nSPS) is 10.5. The fraction of sp³-hybridized carbons (Fsp3) is 0.300. The van der Waals surface area contributed by atoms with Crippen LogP contribution in [0.1, 0.15) is 0 Å². The van der Waals surface area contributed by atoms with E-state index < -0.39 is 16.3 Å². The maximum absolute atomic E-state index is 9.18. The predicted molar refractivity (Wildman–Crippen MR) is 73.2 cm³/mol. The number of anilines is 1. The molecule has 2 heterocycles. The molecule has 0 saturated heterocycles. The molecule has 2 rings (SSSR count). The summed E-state index contributed by atoms with van der Waals surface area (Å²) in [4.78, 5) is 20.8. The van der Waals surface area contributed by atoms with Crippen LogP contribution in [0, 0.1) is 20.2 Å². The Morgan fingerprint density at radius 3 is 2.35 bits per heavy atom. The van der Waals surface area contributed by atoms with Crippen molar-refractivity contribution in [3.63, 3.8) is 0 Å². The van der Waals surface area contributed by atoms with Gasteiger partial charge in [-0.15, -0.1) is 20.2 Å². The van der Waals surface area contributed by atoms with Crippen molar-refractivity contribution in [3.8, 4) is 0 Å². The summed E-state index contributed by atoms with van der Waals surface area (Å²) in [5.74, 6) is 0.647. The second-order valence-electron chi connectivity index (χ2n) is 3.68. The Morgan fingerprint density at radius 2 is 1.83 bits per heavy atom. The Hall–Kier alpha value is -3.19. The third kappa shape index (κ3) is 9.38. The van der Waals surface area contributed by atoms with E-state index in [-0.39, 0.29) is 13.2 Å². The van der Waals surface area contributed by atoms with E-state index >= 15 is 0 Å². The molecule has 0 aliphatic carbocycles. The van der Waals surface area contributed by atoms with Crippen molar-refractivity contribution < 1.29 is 35.2 Å². The molecule has 0 bridgehead atoms. The summed E-state index contributed by atoms with van der Waals surface area (Å²) >= 11 is 0. The molecule has 0 fully saturated rings. The van der Waals surface area contributed by atoms with Gasteiger partial charge in [0, 0.05) is 12.7 Å². The number of hydrogen-bond donors (Lipinski definition) is 5. The Bertz CT molecular complexity index is 597. The van der Waals surface area contributed by atoms with E-state index in [4.69, 9.17) is 40.2 Å². The van der Waals surface area contributed by atoms with Crippen molar-refractivity contribution in [1.82, 2.24) is 4.98 Å². The standard InChI is InChI=1S/C10H12N2O3.2HNO3/c13-6-7(14)5-12-10-8-2-4-15-9(8)1-3-11-10;2*2-1(3)4/h1-4,7,13-14H,5-6H2,(H,11,12);2*(H,2,3,4). The molecule has 0 amide bonds. The maximum atomic E-state index is 9.18. The molecule has 2 aromatic rings. The minimum atomic E-state index is -1.50. The van der Waals surface area contributed by atoms with Crippen molar-refractivity contribution in [2.75, 3.05) is 18.5 Å². The van der Waals surface area contributed by atoms with Gasteiger partial charge in [-0.2, -0.15) is 0 Å². The van der Waals surface area contributed by atoms with Crippen LogP contribution in [-0.4, -0.2) is 55.0 Å². The maximum Gasteiger partial charge on any atom is 0.291 e. The lowest BCUT2D eigenvalue weighted by molar-refractivity contribution is -0.742. The fourth-order valence-corrected chi connectivity index (χ4v) is 1.31. The highest BCUT2D eigenvalue weighted by atomic mass is 16.9. The van der Waals surface area contributed by atoms with Crippen LogP contribution < -0.4 is 5.32 Å². The highest BCUT2D eigenvalue weighted by Crippen LogP contribution is 2.21. The summed E-state index contributed by atoms with van der Waals surface area (Å²) in [7, 11) is 0. The number of hydrogen-bond acceptors (Lipinski definition) is 9. The number of fused-ring (bicyclic) bond motifs is 1. The van der Waals surface area contributed by atoms with Gasteiger partial charge in [0.2, 0.25) is 0 Å². The van der Waals surface area contributed by atoms with E-state index in [1.807, 2.05) is 0 Å². The average Bonchev–Trinajstić information content (AvgIpc) is 2.92. The van der Waals surface area contributed by atoms with Gasteiger partial charge < -0.3 is 30.4 Å². The third-order valence-corrected chi connectivity index (χ3v) is 2.10. The van der Waals surface area contributed by atoms with Crippen molar-refractivity contribution in [2.45, 2.75) is 6.10 Å². The molecule has 2 aromatic heterocycles. The molecule has 0 radical (unpaired) electrons. The van der Waals surface area contributed by atoms with Gasteiger partial charge in [0.15, 0.2) is 0 Å². The largest absolute Gasteiger partial charge is 0.464 e. The number of aromatic nitrogens is 1. The van der Waals surface area contributed by atoms with Crippen LogP contribution in [0.25, 0.3) is 11.0 Å². The molecule has 0 aliphatic heterocycles. The molecule has 1 atom stereocenters. The minimum Gasteiger partial charge on any atom is -0.464 e. The van der Waals surface area contributed by atoms with Crippen LogP contribution >= 0.6 is 0 Å². The van der Waals surface area contributed by atoms with Gasteiger partial charge in [0.1, 0.15) is 11.4 Å². The molecule has 23 heavy (non-hydrogen) atoms. The van der Waals surface area contributed by atoms with Crippen LogP contribution in [0.4, 0.5) is 5.82 Å². The number of nitrogens with zero attached hydrogens (tertiary/aromatic N) is 3. The lowest BCUT2D eigenvalue weighted by atomic mass is 10.3. The second kappa shape index (κ2) is 10.5. The predicted octanol–water partition coefficient (Wildman–Crippen LogP) is -0.103. The molecule has 5 N–H and O–H groups in total. The summed E-state index contributed by atoms with van der Waals surface area (Å²) in [6.45, 7) is -0.0117.